The molecule has 0 amide bonds. The average Bonchev–Trinajstić information content (AvgIpc) is 2.84. The van der Waals surface area contributed by atoms with Crippen molar-refractivity contribution in [2.75, 3.05) is 19.8 Å². The van der Waals surface area contributed by atoms with Crippen LogP contribution in [0.15, 0.2) is 17.5 Å². The van der Waals surface area contributed by atoms with E-state index in [1.807, 2.05) is 11.3 Å². The van der Waals surface area contributed by atoms with Crippen LogP contribution in [-0.4, -0.2) is 25.8 Å². The number of ether oxygens (including phenoxy) is 1. The van der Waals surface area contributed by atoms with Crippen LogP contribution in [0.3, 0.4) is 0 Å². The van der Waals surface area contributed by atoms with Gasteiger partial charge in [-0.2, -0.15) is 0 Å². The van der Waals surface area contributed by atoms with Crippen molar-refractivity contribution in [3.05, 3.63) is 22.4 Å². The zero-order valence-corrected chi connectivity index (χ0v) is 11.9. The van der Waals surface area contributed by atoms with E-state index in [-0.39, 0.29) is 0 Å². The molecular weight excluding hydrogens is 230 g/mol. The van der Waals surface area contributed by atoms with Crippen LogP contribution < -0.4 is 5.32 Å². The van der Waals surface area contributed by atoms with E-state index in [0.29, 0.717) is 6.04 Å². The first kappa shape index (κ1) is 14.7. The summed E-state index contributed by atoms with van der Waals surface area (Å²) in [5, 5.41) is 5.79. The molecule has 0 saturated heterocycles. The van der Waals surface area contributed by atoms with Gasteiger partial charge in [0.25, 0.3) is 0 Å². The van der Waals surface area contributed by atoms with E-state index in [2.05, 4.69) is 36.7 Å². The Morgan fingerprint density at radius 1 is 1.41 bits per heavy atom. The van der Waals surface area contributed by atoms with Crippen LogP contribution in [0, 0.1) is 0 Å². The normalized spacial score (nSPS) is 12.8. The molecule has 17 heavy (non-hydrogen) atoms. The Morgan fingerprint density at radius 2 is 2.29 bits per heavy atom. The van der Waals surface area contributed by atoms with Gasteiger partial charge in [0.15, 0.2) is 0 Å². The highest BCUT2D eigenvalue weighted by Gasteiger charge is 2.09. The minimum absolute atomic E-state index is 0.606. The van der Waals surface area contributed by atoms with E-state index in [9.17, 15) is 0 Å². The molecule has 1 atom stereocenters. The molecular formula is C14H25NOS. The van der Waals surface area contributed by atoms with Crippen molar-refractivity contribution < 1.29 is 4.74 Å². The quantitative estimate of drug-likeness (QED) is 0.646. The first-order valence-corrected chi connectivity index (χ1v) is 7.58. The molecule has 0 aliphatic heterocycles. The lowest BCUT2D eigenvalue weighted by Gasteiger charge is -2.17. The molecule has 0 bridgehead atoms. The Bertz CT molecular complexity index is 261. The molecule has 1 rings (SSSR count). The summed E-state index contributed by atoms with van der Waals surface area (Å²) in [5.74, 6) is 0. The topological polar surface area (TPSA) is 21.3 Å². The van der Waals surface area contributed by atoms with E-state index in [1.165, 1.54) is 17.7 Å². The highest BCUT2D eigenvalue weighted by Crippen LogP contribution is 2.13. The molecule has 1 heterocycles. The summed E-state index contributed by atoms with van der Waals surface area (Å²) in [6.45, 7) is 7.11. The maximum Gasteiger partial charge on any atom is 0.0466 e. The van der Waals surface area contributed by atoms with Crippen LogP contribution in [-0.2, 0) is 11.2 Å². The summed E-state index contributed by atoms with van der Waals surface area (Å²) in [4.78, 5) is 1.48. The maximum atomic E-state index is 5.40. The van der Waals surface area contributed by atoms with Crippen molar-refractivity contribution >= 4 is 11.3 Å². The van der Waals surface area contributed by atoms with E-state index in [4.69, 9.17) is 4.74 Å². The van der Waals surface area contributed by atoms with Gasteiger partial charge in [-0.05, 0) is 50.6 Å². The molecule has 2 nitrogen and oxygen atoms in total. The van der Waals surface area contributed by atoms with Gasteiger partial charge in [-0.15, -0.1) is 11.3 Å². The van der Waals surface area contributed by atoms with Gasteiger partial charge in [0.2, 0.25) is 0 Å². The van der Waals surface area contributed by atoms with Crippen LogP contribution >= 0.6 is 11.3 Å². The van der Waals surface area contributed by atoms with E-state index >= 15 is 0 Å². The third-order valence-electron chi connectivity index (χ3n) is 2.76. The summed E-state index contributed by atoms with van der Waals surface area (Å²) in [6.07, 6.45) is 4.72. The fraction of sp³-hybridized carbons (Fsp3) is 0.714. The smallest absolute Gasteiger partial charge is 0.0466 e. The molecule has 0 saturated carbocycles. The molecule has 3 heteroatoms. The predicted molar refractivity (Wildman–Crippen MR) is 75.8 cm³/mol. The predicted octanol–water partition coefficient (Wildman–Crippen LogP) is 3.48. The van der Waals surface area contributed by atoms with E-state index < -0.39 is 0 Å². The number of hydrogen-bond donors (Lipinski definition) is 1. The molecule has 0 fully saturated rings. The van der Waals surface area contributed by atoms with Gasteiger partial charge in [0, 0.05) is 24.1 Å². The molecule has 1 aromatic heterocycles. The SMILES string of the molecule is CCCNC(CCCOCC)Cc1cccs1. The van der Waals surface area contributed by atoms with Crippen LogP contribution in [0.25, 0.3) is 0 Å². The highest BCUT2D eigenvalue weighted by atomic mass is 32.1. The maximum absolute atomic E-state index is 5.40. The van der Waals surface area contributed by atoms with Crippen molar-refractivity contribution in [3.8, 4) is 0 Å². The van der Waals surface area contributed by atoms with Gasteiger partial charge in [0.1, 0.15) is 0 Å². The Morgan fingerprint density at radius 3 is 2.94 bits per heavy atom. The van der Waals surface area contributed by atoms with Crippen LogP contribution in [0.5, 0.6) is 0 Å². The lowest BCUT2D eigenvalue weighted by molar-refractivity contribution is 0.140. The monoisotopic (exact) mass is 255 g/mol. The molecule has 1 unspecified atom stereocenters. The fourth-order valence-corrected chi connectivity index (χ4v) is 2.66. The molecule has 0 aromatic carbocycles. The number of thiophene rings is 1. The average molecular weight is 255 g/mol. The van der Waals surface area contributed by atoms with Crippen LogP contribution in [0.1, 0.15) is 38.0 Å². The van der Waals surface area contributed by atoms with Gasteiger partial charge < -0.3 is 10.1 Å². The standard InChI is InChI=1S/C14H25NOS/c1-3-9-15-13(7-5-10-16-4-2)12-14-8-6-11-17-14/h6,8,11,13,15H,3-5,7,9-10,12H2,1-2H3. The van der Waals surface area contributed by atoms with Gasteiger partial charge in [-0.25, -0.2) is 0 Å². The summed E-state index contributed by atoms with van der Waals surface area (Å²) < 4.78 is 5.40. The summed E-state index contributed by atoms with van der Waals surface area (Å²) in [5.41, 5.74) is 0. The molecule has 0 aliphatic rings. The van der Waals surface area contributed by atoms with Crippen LogP contribution in [0.2, 0.25) is 0 Å². The summed E-state index contributed by atoms with van der Waals surface area (Å²) in [7, 11) is 0. The Kier molecular flexibility index (Phi) is 8.32. The third-order valence-corrected chi connectivity index (χ3v) is 3.65. The van der Waals surface area contributed by atoms with Crippen molar-refractivity contribution in [1.29, 1.82) is 0 Å². The minimum atomic E-state index is 0.606. The summed E-state index contributed by atoms with van der Waals surface area (Å²) >= 11 is 1.86. The number of rotatable bonds is 10. The molecule has 0 spiro atoms. The Labute approximate surface area is 109 Å². The molecule has 98 valence electrons. The molecule has 1 N–H and O–H groups in total. The van der Waals surface area contributed by atoms with Gasteiger partial charge in [-0.3, -0.25) is 0 Å². The summed E-state index contributed by atoms with van der Waals surface area (Å²) in [6, 6.07) is 4.97. The minimum Gasteiger partial charge on any atom is -0.382 e. The van der Waals surface area contributed by atoms with E-state index in [0.717, 1.165) is 32.6 Å². The molecule has 0 radical (unpaired) electrons. The fourth-order valence-electron chi connectivity index (χ4n) is 1.87. The zero-order chi connectivity index (χ0) is 12.3. The van der Waals surface area contributed by atoms with Crippen LogP contribution in [0.4, 0.5) is 0 Å². The zero-order valence-electron chi connectivity index (χ0n) is 11.1. The first-order chi connectivity index (χ1) is 8.36. The third kappa shape index (κ3) is 6.81. The van der Waals surface area contributed by atoms with Crippen molar-refractivity contribution in [2.45, 2.75) is 45.6 Å². The second-order valence-electron chi connectivity index (χ2n) is 4.27. The lowest BCUT2D eigenvalue weighted by atomic mass is 10.1. The second-order valence-corrected chi connectivity index (χ2v) is 5.31. The van der Waals surface area contributed by atoms with Gasteiger partial charge >= 0.3 is 0 Å². The largest absolute Gasteiger partial charge is 0.382 e. The van der Waals surface area contributed by atoms with E-state index in [1.54, 1.807) is 0 Å². The number of hydrogen-bond acceptors (Lipinski definition) is 3. The second kappa shape index (κ2) is 9.63. The van der Waals surface area contributed by atoms with Gasteiger partial charge in [-0.1, -0.05) is 13.0 Å². The van der Waals surface area contributed by atoms with Gasteiger partial charge in [0.05, 0.1) is 0 Å². The van der Waals surface area contributed by atoms with Crippen molar-refractivity contribution in [2.24, 2.45) is 0 Å². The Hall–Kier alpha value is -0.380. The molecule has 0 aliphatic carbocycles. The first-order valence-electron chi connectivity index (χ1n) is 6.70. The lowest BCUT2D eigenvalue weighted by Crippen LogP contribution is -2.31. The Balaban J connectivity index is 2.26. The van der Waals surface area contributed by atoms with Crippen molar-refractivity contribution in [3.63, 3.8) is 0 Å². The number of nitrogens with one attached hydrogen (secondary N) is 1. The molecule has 1 aromatic rings. The van der Waals surface area contributed by atoms with Crippen molar-refractivity contribution in [1.82, 2.24) is 5.32 Å². The highest BCUT2D eigenvalue weighted by molar-refractivity contribution is 7.09.